The molecule has 0 radical (unpaired) electrons. The number of unbranched alkanes of at least 4 members (excludes halogenated alkanes) is 3. The molecular weight excluding hydrogens is 302 g/mol. The molecular formula is C14H17BrF2O. The molecule has 0 bridgehead atoms. The summed E-state index contributed by atoms with van der Waals surface area (Å²) >= 11 is 2.98. The minimum absolute atomic E-state index is 0.0149. The van der Waals surface area contributed by atoms with Gasteiger partial charge < -0.3 is 5.11 Å². The van der Waals surface area contributed by atoms with Gasteiger partial charge >= 0.3 is 0 Å². The van der Waals surface area contributed by atoms with Crippen LogP contribution in [0.15, 0.2) is 29.3 Å². The summed E-state index contributed by atoms with van der Waals surface area (Å²) in [6, 6.07) is 2.45. The Kier molecular flexibility index (Phi) is 6.50. The van der Waals surface area contributed by atoms with E-state index in [1.54, 1.807) is 0 Å². The fraction of sp³-hybridized carbons (Fsp3) is 0.429. The Balaban J connectivity index is 2.54. The van der Waals surface area contributed by atoms with E-state index in [2.05, 4.69) is 22.5 Å². The second kappa shape index (κ2) is 7.64. The lowest BCUT2D eigenvalue weighted by molar-refractivity contribution is 0.162. The van der Waals surface area contributed by atoms with Crippen LogP contribution in [-0.4, -0.2) is 5.11 Å². The van der Waals surface area contributed by atoms with Gasteiger partial charge in [0.1, 0.15) is 0 Å². The van der Waals surface area contributed by atoms with Crippen LogP contribution in [0.2, 0.25) is 0 Å². The zero-order valence-corrected chi connectivity index (χ0v) is 11.7. The maximum Gasteiger partial charge on any atom is 0.173 e. The molecule has 0 aliphatic heterocycles. The summed E-state index contributed by atoms with van der Waals surface area (Å²) in [4.78, 5) is 0. The zero-order chi connectivity index (χ0) is 13.5. The van der Waals surface area contributed by atoms with E-state index in [0.717, 1.165) is 31.7 Å². The third-order valence-corrected chi connectivity index (χ3v) is 3.62. The lowest BCUT2D eigenvalue weighted by atomic mass is 10.0. The predicted octanol–water partition coefficient (Wildman–Crippen LogP) is 4.90. The summed E-state index contributed by atoms with van der Waals surface area (Å²) in [5.41, 5.74) is 0.401. The Morgan fingerprint density at radius 2 is 2.00 bits per heavy atom. The number of hydrogen-bond acceptors (Lipinski definition) is 1. The van der Waals surface area contributed by atoms with Crippen molar-refractivity contribution in [3.05, 3.63) is 46.5 Å². The molecule has 0 amide bonds. The Bertz CT molecular complexity index is 407. The second-order valence-corrected chi connectivity index (χ2v) is 5.00. The van der Waals surface area contributed by atoms with Crippen LogP contribution in [-0.2, 0) is 0 Å². The van der Waals surface area contributed by atoms with E-state index in [-0.39, 0.29) is 4.47 Å². The van der Waals surface area contributed by atoms with Crippen molar-refractivity contribution in [2.45, 2.75) is 38.2 Å². The smallest absolute Gasteiger partial charge is 0.173 e. The first kappa shape index (κ1) is 15.3. The molecule has 1 aromatic rings. The molecule has 100 valence electrons. The van der Waals surface area contributed by atoms with Gasteiger partial charge in [0.2, 0.25) is 0 Å². The fourth-order valence-electron chi connectivity index (χ4n) is 1.76. The third kappa shape index (κ3) is 4.18. The van der Waals surface area contributed by atoms with Crippen molar-refractivity contribution in [3.8, 4) is 0 Å². The first-order valence-corrected chi connectivity index (χ1v) is 6.79. The molecule has 0 saturated carbocycles. The van der Waals surface area contributed by atoms with Gasteiger partial charge in [-0.3, -0.25) is 0 Å². The van der Waals surface area contributed by atoms with Crippen LogP contribution in [0.5, 0.6) is 0 Å². The Morgan fingerprint density at radius 3 is 2.67 bits per heavy atom. The number of benzene rings is 1. The van der Waals surface area contributed by atoms with Crippen molar-refractivity contribution in [1.29, 1.82) is 0 Å². The molecule has 0 aliphatic carbocycles. The van der Waals surface area contributed by atoms with Crippen molar-refractivity contribution >= 4 is 15.9 Å². The summed E-state index contributed by atoms with van der Waals surface area (Å²) in [6.45, 7) is 3.64. The van der Waals surface area contributed by atoms with Crippen molar-refractivity contribution in [2.24, 2.45) is 0 Å². The van der Waals surface area contributed by atoms with Crippen LogP contribution in [0.25, 0.3) is 0 Å². The summed E-state index contributed by atoms with van der Waals surface area (Å²) < 4.78 is 26.2. The summed E-state index contributed by atoms with van der Waals surface area (Å²) in [5, 5.41) is 9.93. The Hall–Kier alpha value is -0.740. The largest absolute Gasteiger partial charge is 0.388 e. The number of aliphatic hydroxyl groups excluding tert-OH is 1. The van der Waals surface area contributed by atoms with Crippen LogP contribution >= 0.6 is 15.9 Å². The molecule has 0 aliphatic rings. The number of allylic oxidation sites excluding steroid dienone is 1. The van der Waals surface area contributed by atoms with Crippen molar-refractivity contribution in [2.75, 3.05) is 0 Å². The lowest BCUT2D eigenvalue weighted by Crippen LogP contribution is -2.01. The van der Waals surface area contributed by atoms with Crippen molar-refractivity contribution in [1.82, 2.24) is 0 Å². The van der Waals surface area contributed by atoms with Crippen LogP contribution in [0.3, 0.4) is 0 Å². The predicted molar refractivity (Wildman–Crippen MR) is 72.3 cm³/mol. The van der Waals surface area contributed by atoms with Crippen LogP contribution < -0.4 is 0 Å². The van der Waals surface area contributed by atoms with E-state index in [9.17, 15) is 13.9 Å². The summed E-state index contributed by atoms with van der Waals surface area (Å²) in [7, 11) is 0. The zero-order valence-electron chi connectivity index (χ0n) is 10.1. The average molecular weight is 319 g/mol. The van der Waals surface area contributed by atoms with Crippen LogP contribution in [0, 0.1) is 11.6 Å². The van der Waals surface area contributed by atoms with Gasteiger partial charge in [-0.15, -0.1) is 6.58 Å². The molecule has 1 aromatic carbocycles. The molecule has 0 fully saturated rings. The SMILES string of the molecule is C=CCCCCCC(O)c1ccc(F)c(F)c1Br. The van der Waals surface area contributed by atoms with Crippen molar-refractivity contribution in [3.63, 3.8) is 0 Å². The van der Waals surface area contributed by atoms with E-state index in [1.165, 1.54) is 6.07 Å². The van der Waals surface area contributed by atoms with Crippen LogP contribution in [0.1, 0.15) is 43.8 Å². The van der Waals surface area contributed by atoms with Gasteiger partial charge in [-0.2, -0.15) is 0 Å². The van der Waals surface area contributed by atoms with E-state index in [0.29, 0.717) is 12.0 Å². The van der Waals surface area contributed by atoms with Gasteiger partial charge in [0, 0.05) is 0 Å². The van der Waals surface area contributed by atoms with E-state index in [1.807, 2.05) is 6.08 Å². The molecule has 1 unspecified atom stereocenters. The molecule has 1 rings (SSSR count). The lowest BCUT2D eigenvalue weighted by Gasteiger charge is -2.13. The normalized spacial score (nSPS) is 12.4. The van der Waals surface area contributed by atoms with Gasteiger partial charge in [0.25, 0.3) is 0 Å². The highest BCUT2D eigenvalue weighted by atomic mass is 79.9. The van der Waals surface area contributed by atoms with E-state index < -0.39 is 17.7 Å². The molecule has 4 heteroatoms. The molecule has 1 atom stereocenters. The molecule has 0 aromatic heterocycles. The summed E-state index contributed by atoms with van der Waals surface area (Å²) in [5.74, 6) is -1.86. The van der Waals surface area contributed by atoms with E-state index in [4.69, 9.17) is 0 Å². The van der Waals surface area contributed by atoms with E-state index >= 15 is 0 Å². The number of hydrogen-bond donors (Lipinski definition) is 1. The Labute approximate surface area is 115 Å². The van der Waals surface area contributed by atoms with Crippen molar-refractivity contribution < 1.29 is 13.9 Å². The number of rotatable bonds is 7. The minimum atomic E-state index is -0.946. The maximum atomic E-state index is 13.3. The first-order valence-electron chi connectivity index (χ1n) is 6.00. The quantitative estimate of drug-likeness (QED) is 0.431. The molecule has 0 heterocycles. The molecule has 0 saturated heterocycles. The highest BCUT2D eigenvalue weighted by Gasteiger charge is 2.16. The maximum absolute atomic E-state index is 13.3. The van der Waals surface area contributed by atoms with Crippen LogP contribution in [0.4, 0.5) is 8.78 Å². The standard InChI is InChI=1S/C14H17BrF2O/c1-2-3-4-5-6-7-12(18)10-8-9-11(16)14(17)13(10)15/h2,8-9,12,18H,1,3-7H2. The first-order chi connectivity index (χ1) is 8.57. The topological polar surface area (TPSA) is 20.2 Å². The summed E-state index contributed by atoms with van der Waals surface area (Å²) in [6.07, 6.45) is 5.48. The third-order valence-electron chi connectivity index (χ3n) is 2.81. The average Bonchev–Trinajstić information content (AvgIpc) is 2.35. The molecule has 1 nitrogen and oxygen atoms in total. The molecule has 0 spiro atoms. The highest BCUT2D eigenvalue weighted by Crippen LogP contribution is 2.30. The van der Waals surface area contributed by atoms with Gasteiger partial charge in [-0.25, -0.2) is 8.78 Å². The Morgan fingerprint density at radius 1 is 1.28 bits per heavy atom. The van der Waals surface area contributed by atoms with Gasteiger partial charge in [-0.05, 0) is 46.8 Å². The fourth-order valence-corrected chi connectivity index (χ4v) is 2.34. The monoisotopic (exact) mass is 318 g/mol. The second-order valence-electron chi connectivity index (χ2n) is 4.21. The van der Waals surface area contributed by atoms with Gasteiger partial charge in [0.15, 0.2) is 11.6 Å². The van der Waals surface area contributed by atoms with Gasteiger partial charge in [0.05, 0.1) is 10.6 Å². The van der Waals surface area contributed by atoms with Gasteiger partial charge in [-0.1, -0.05) is 25.0 Å². The molecule has 1 N–H and O–H groups in total. The number of aliphatic hydroxyl groups is 1. The molecule has 18 heavy (non-hydrogen) atoms. The number of halogens is 3. The highest BCUT2D eigenvalue weighted by molar-refractivity contribution is 9.10. The minimum Gasteiger partial charge on any atom is -0.388 e.